The van der Waals surface area contributed by atoms with E-state index in [0.29, 0.717) is 24.6 Å². The Balaban J connectivity index is 1.01. The van der Waals surface area contributed by atoms with E-state index in [1.807, 2.05) is 71.8 Å². The van der Waals surface area contributed by atoms with E-state index in [1.54, 1.807) is 25.0 Å². The van der Waals surface area contributed by atoms with Crippen molar-refractivity contribution in [1.29, 1.82) is 0 Å². The maximum Gasteiger partial charge on any atom is 0.274 e. The quantitative estimate of drug-likeness (QED) is 0.0717. The lowest BCUT2D eigenvalue weighted by atomic mass is 9.99. The van der Waals surface area contributed by atoms with Crippen LogP contribution in [-0.4, -0.2) is 96.7 Å². The smallest absolute Gasteiger partial charge is 0.274 e. The number of hydrogen-bond donors (Lipinski definition) is 5. The molecule has 2 aromatic carbocycles. The van der Waals surface area contributed by atoms with Crippen molar-refractivity contribution in [2.45, 2.75) is 57.7 Å². The van der Waals surface area contributed by atoms with Gasteiger partial charge in [-0.15, -0.1) is 0 Å². The lowest BCUT2D eigenvalue weighted by Gasteiger charge is -2.45. The van der Waals surface area contributed by atoms with Gasteiger partial charge in [0.2, 0.25) is 0 Å². The van der Waals surface area contributed by atoms with Crippen LogP contribution in [0.15, 0.2) is 73.6 Å². The molecule has 6 rings (SSSR count). The van der Waals surface area contributed by atoms with Gasteiger partial charge >= 0.3 is 0 Å². The molecule has 1 aliphatic rings. The molecule has 60 heavy (non-hydrogen) atoms. The second kappa shape index (κ2) is 20.7. The molecule has 0 spiro atoms. The summed E-state index contributed by atoms with van der Waals surface area (Å²) in [5, 5.41) is 8.79. The molecule has 3 aromatic heterocycles. The zero-order valence-electron chi connectivity index (χ0n) is 34.1. The van der Waals surface area contributed by atoms with E-state index in [9.17, 15) is 14.4 Å². The molecule has 18 heteroatoms. The summed E-state index contributed by atoms with van der Waals surface area (Å²) in [4.78, 5) is 54.2. The van der Waals surface area contributed by atoms with Crippen LogP contribution in [0.4, 0.5) is 11.6 Å². The summed E-state index contributed by atoms with van der Waals surface area (Å²) in [6.45, 7) is 4.20. The Morgan fingerprint density at radius 1 is 0.783 bits per heavy atom. The van der Waals surface area contributed by atoms with Crippen LogP contribution in [0.25, 0.3) is 0 Å². The van der Waals surface area contributed by atoms with E-state index in [-0.39, 0.29) is 53.6 Å². The van der Waals surface area contributed by atoms with Crippen molar-refractivity contribution in [1.82, 2.24) is 45.0 Å². The molecule has 1 fully saturated rings. The number of halogens is 1. The number of nitrogens with two attached hydrogens (primary N) is 2. The van der Waals surface area contributed by atoms with Crippen LogP contribution >= 0.6 is 11.6 Å². The van der Waals surface area contributed by atoms with Gasteiger partial charge in [0.05, 0.1) is 69.4 Å². The Bertz CT molecular complexity index is 2100. The van der Waals surface area contributed by atoms with Crippen molar-refractivity contribution >= 4 is 41.0 Å². The highest BCUT2D eigenvalue weighted by Crippen LogP contribution is 2.25. The highest BCUT2D eigenvalue weighted by Gasteiger charge is 2.35. The summed E-state index contributed by atoms with van der Waals surface area (Å²) in [5.74, 6) is 0.326. The number of likely N-dealkylation sites (tertiary alicyclic amines) is 1. The molecular formula is C42H54ClN12O5+. The molecular weight excluding hydrogens is 788 g/mol. The van der Waals surface area contributed by atoms with Crippen molar-refractivity contribution in [3.05, 3.63) is 107 Å². The van der Waals surface area contributed by atoms with Gasteiger partial charge in [0, 0.05) is 39.3 Å². The van der Waals surface area contributed by atoms with Crippen molar-refractivity contribution in [3.63, 3.8) is 0 Å². The van der Waals surface area contributed by atoms with Crippen molar-refractivity contribution in [2.75, 3.05) is 50.9 Å². The number of aryl methyl sites for hydroxylation is 4. The second-order valence-corrected chi connectivity index (χ2v) is 15.6. The molecule has 0 saturated carbocycles. The number of aromatic nitrogens is 6. The minimum absolute atomic E-state index is 0.0246. The van der Waals surface area contributed by atoms with Gasteiger partial charge in [-0.3, -0.25) is 14.4 Å². The fraction of sp³-hybridized carbons (Fsp3) is 0.405. The highest BCUT2D eigenvalue weighted by molar-refractivity contribution is 6.31. The minimum Gasteiger partial charge on any atom is -0.484 e. The number of nitrogen functional groups attached to an aromatic ring is 2. The number of ether oxygens (including phenoxy) is 2. The standard InChI is InChI=1S/C42H53ClN12O5/c1-53-27-46-20-32(53)22-48-36(56)25-59-34-13-9-29(10-14-34)6-3-17-55(19-5-8-31(24-55)50-42(58)38-40(44)52-41(45)39(43)51-38)18-4-7-30-11-15-35(16-12-30)60-26-37(57)49-23-33-21-47-28-54(33)2/h9-16,20-21,27-28,31H,3-8,17-19,22-26H2,1-2H3,(H6-,44,45,48,49,50,52,56,57,58)/p+1/t31-/m0/s1. The van der Waals surface area contributed by atoms with Crippen molar-refractivity contribution in [2.24, 2.45) is 14.1 Å². The molecule has 0 radical (unpaired) electrons. The summed E-state index contributed by atoms with van der Waals surface area (Å²) >= 11 is 6.08. The molecule has 318 valence electrons. The van der Waals surface area contributed by atoms with Crippen LogP contribution in [0, 0.1) is 0 Å². The lowest BCUT2D eigenvalue weighted by molar-refractivity contribution is -0.933. The van der Waals surface area contributed by atoms with Crippen LogP contribution in [0.1, 0.15) is 58.7 Å². The van der Waals surface area contributed by atoms with Crippen molar-refractivity contribution < 1.29 is 28.3 Å². The molecule has 3 amide bonds. The summed E-state index contributed by atoms with van der Waals surface area (Å²) in [7, 11) is 3.76. The van der Waals surface area contributed by atoms with Gasteiger partial charge in [0.25, 0.3) is 17.7 Å². The Labute approximate surface area is 354 Å². The number of amides is 3. The first-order valence-corrected chi connectivity index (χ1v) is 20.4. The molecule has 17 nitrogen and oxygen atoms in total. The van der Waals surface area contributed by atoms with Crippen molar-refractivity contribution in [3.8, 4) is 11.5 Å². The number of rotatable bonds is 20. The molecule has 0 bridgehead atoms. The molecule has 0 aliphatic carbocycles. The van der Waals surface area contributed by atoms with Gasteiger partial charge in [-0.1, -0.05) is 35.9 Å². The van der Waals surface area contributed by atoms with E-state index in [2.05, 4.69) is 35.9 Å². The first kappa shape index (κ1) is 43.4. The summed E-state index contributed by atoms with van der Waals surface area (Å²) < 4.78 is 16.0. The third-order valence-electron chi connectivity index (χ3n) is 10.8. The van der Waals surface area contributed by atoms with Gasteiger partial charge in [-0.2, -0.15) is 0 Å². The summed E-state index contributed by atoms with van der Waals surface area (Å²) in [6, 6.07) is 15.6. The van der Waals surface area contributed by atoms with Gasteiger partial charge in [-0.25, -0.2) is 19.9 Å². The number of carbonyl (C=O) groups excluding carboxylic acids is 3. The predicted octanol–water partition coefficient (Wildman–Crippen LogP) is 3.13. The molecule has 1 atom stereocenters. The average molecular weight is 842 g/mol. The fourth-order valence-electron chi connectivity index (χ4n) is 7.45. The zero-order valence-corrected chi connectivity index (χ0v) is 34.9. The monoisotopic (exact) mass is 841 g/mol. The first-order valence-electron chi connectivity index (χ1n) is 20.1. The molecule has 7 N–H and O–H groups in total. The third kappa shape index (κ3) is 12.4. The molecule has 0 unspecified atom stereocenters. The Kier molecular flexibility index (Phi) is 14.9. The van der Waals surface area contributed by atoms with Gasteiger partial charge < -0.3 is 50.5 Å². The number of nitrogens with zero attached hydrogens (tertiary/aromatic N) is 7. The number of piperidine rings is 1. The van der Waals surface area contributed by atoms with Gasteiger partial charge in [-0.05, 0) is 61.1 Å². The van der Waals surface area contributed by atoms with Gasteiger partial charge in [0.15, 0.2) is 35.7 Å². The maximum absolute atomic E-state index is 13.3. The van der Waals surface area contributed by atoms with E-state index in [1.165, 1.54) is 11.1 Å². The van der Waals surface area contributed by atoms with Crippen LogP contribution in [-0.2, 0) is 49.6 Å². The normalized spacial score (nSPS) is 14.6. The fourth-order valence-corrected chi connectivity index (χ4v) is 7.58. The number of benzene rings is 2. The number of quaternary nitrogens is 1. The van der Waals surface area contributed by atoms with Gasteiger partial charge in [0.1, 0.15) is 11.5 Å². The third-order valence-corrected chi connectivity index (χ3v) is 11.1. The first-order chi connectivity index (χ1) is 28.9. The Morgan fingerprint density at radius 2 is 1.30 bits per heavy atom. The largest absolute Gasteiger partial charge is 0.484 e. The van der Waals surface area contributed by atoms with E-state index < -0.39 is 5.91 Å². The molecule has 5 aromatic rings. The van der Waals surface area contributed by atoms with E-state index in [4.69, 9.17) is 32.5 Å². The lowest BCUT2D eigenvalue weighted by Crippen LogP contribution is -2.60. The predicted molar refractivity (Wildman–Crippen MR) is 227 cm³/mol. The number of imidazole rings is 2. The van der Waals surface area contributed by atoms with Crippen LogP contribution in [0.2, 0.25) is 5.15 Å². The average Bonchev–Trinajstić information content (AvgIpc) is 3.86. The highest BCUT2D eigenvalue weighted by atomic mass is 35.5. The van der Waals surface area contributed by atoms with Crippen LogP contribution in [0.3, 0.4) is 0 Å². The molecule has 1 saturated heterocycles. The summed E-state index contributed by atoms with van der Waals surface area (Å²) in [6.07, 6.45) is 12.2. The number of hydrogen-bond acceptors (Lipinski definition) is 11. The summed E-state index contributed by atoms with van der Waals surface area (Å²) in [5.41, 5.74) is 15.9. The number of carbonyl (C=O) groups is 3. The topological polar surface area (TPSA) is 219 Å². The SMILES string of the molecule is Cn1cncc1CNC(=O)COc1ccc(CCC[N+]2(CCCc3ccc(OCC(=O)NCc4cncn4C)cc3)CCC[C@H](NC(=O)c3nc(Cl)c(N)nc3N)C2)cc1. The maximum atomic E-state index is 13.3. The van der Waals surface area contributed by atoms with Crippen LogP contribution < -0.4 is 36.9 Å². The molecule has 1 aliphatic heterocycles. The molecule has 4 heterocycles. The minimum atomic E-state index is -0.423. The Morgan fingerprint density at radius 3 is 1.78 bits per heavy atom. The second-order valence-electron chi connectivity index (χ2n) is 15.3. The number of nitrogens with one attached hydrogen (secondary N) is 3. The van der Waals surface area contributed by atoms with E-state index >= 15 is 0 Å². The number of anilines is 2. The zero-order chi connectivity index (χ0) is 42.5. The Hall–Kier alpha value is -6.20. The van der Waals surface area contributed by atoms with E-state index in [0.717, 1.165) is 80.6 Å². The van der Waals surface area contributed by atoms with Crippen LogP contribution in [0.5, 0.6) is 11.5 Å².